The molecule has 1 fully saturated rings. The van der Waals surface area contributed by atoms with Gasteiger partial charge in [0.15, 0.2) is 0 Å². The third kappa shape index (κ3) is 3.45. The minimum Gasteiger partial charge on any atom is -0.330 e. The molecule has 2 aliphatic rings. The maximum atomic E-state index is 13.3. The second-order valence-electron chi connectivity index (χ2n) is 8.40. The molecule has 1 unspecified atom stereocenters. The molecule has 6 heteroatoms. The fraction of sp³-hybridized carbons (Fsp3) is 0.417. The van der Waals surface area contributed by atoms with Crippen LogP contribution in [-0.4, -0.2) is 39.7 Å². The summed E-state index contributed by atoms with van der Waals surface area (Å²) in [4.78, 5) is 28.9. The maximum absolute atomic E-state index is 13.3. The lowest BCUT2D eigenvalue weighted by Gasteiger charge is -2.26. The van der Waals surface area contributed by atoms with Crippen LogP contribution in [0.15, 0.2) is 53.3 Å². The minimum atomic E-state index is -0.335. The molecule has 5 rings (SSSR count). The first-order valence-corrected chi connectivity index (χ1v) is 11.0. The highest BCUT2D eigenvalue weighted by molar-refractivity contribution is 5.89. The molecule has 156 valence electrons. The predicted octanol–water partition coefficient (Wildman–Crippen LogP) is 3.53. The summed E-state index contributed by atoms with van der Waals surface area (Å²) in [5, 5.41) is 3.14. The van der Waals surface area contributed by atoms with Crippen molar-refractivity contribution < 1.29 is 4.79 Å². The number of imidazole rings is 1. The van der Waals surface area contributed by atoms with E-state index in [4.69, 9.17) is 0 Å². The molecular formula is C24H28N4O2. The van der Waals surface area contributed by atoms with E-state index < -0.39 is 0 Å². The lowest BCUT2D eigenvalue weighted by molar-refractivity contribution is 0.236. The lowest BCUT2D eigenvalue weighted by Crippen LogP contribution is -2.40. The highest BCUT2D eigenvalue weighted by Crippen LogP contribution is 2.29. The van der Waals surface area contributed by atoms with Gasteiger partial charge in [0.2, 0.25) is 0 Å². The number of likely N-dealkylation sites (tertiary alicyclic amines) is 1. The van der Waals surface area contributed by atoms with Gasteiger partial charge in [-0.15, -0.1) is 0 Å². The van der Waals surface area contributed by atoms with Crippen LogP contribution in [0.3, 0.4) is 0 Å². The van der Waals surface area contributed by atoms with Crippen LogP contribution in [-0.2, 0) is 13.0 Å². The molecule has 1 aliphatic heterocycles. The fourth-order valence-electron chi connectivity index (χ4n) is 4.99. The molecule has 1 saturated heterocycles. The average molecular weight is 405 g/mol. The summed E-state index contributed by atoms with van der Waals surface area (Å²) in [6, 6.07) is 15.5. The zero-order valence-corrected chi connectivity index (χ0v) is 17.2. The van der Waals surface area contributed by atoms with E-state index in [0.29, 0.717) is 12.1 Å². The number of amides is 1. The van der Waals surface area contributed by atoms with Crippen LogP contribution in [0, 0.1) is 0 Å². The van der Waals surface area contributed by atoms with Gasteiger partial charge in [-0.25, -0.2) is 14.2 Å². The number of rotatable bonds is 4. The first-order chi connectivity index (χ1) is 14.7. The number of nitrogens with zero attached hydrogens (tertiary/aromatic N) is 3. The zero-order valence-electron chi connectivity index (χ0n) is 17.2. The van der Waals surface area contributed by atoms with E-state index in [1.54, 1.807) is 4.57 Å². The number of hydrogen-bond donors (Lipinski definition) is 1. The monoisotopic (exact) mass is 404 g/mol. The lowest BCUT2D eigenvalue weighted by atomic mass is 9.88. The number of aryl methyl sites for hydroxylation is 1. The molecule has 2 heterocycles. The third-order valence-electron chi connectivity index (χ3n) is 6.54. The Hall–Kier alpha value is -2.86. The molecule has 0 saturated carbocycles. The molecule has 3 aromatic rings. The van der Waals surface area contributed by atoms with Crippen LogP contribution in [0.5, 0.6) is 0 Å². The van der Waals surface area contributed by atoms with E-state index in [1.165, 1.54) is 28.5 Å². The minimum absolute atomic E-state index is 0.0546. The summed E-state index contributed by atoms with van der Waals surface area (Å²) in [6.07, 6.45) is 5.42. The molecule has 1 aliphatic carbocycles. The van der Waals surface area contributed by atoms with Gasteiger partial charge in [-0.3, -0.25) is 4.57 Å². The summed E-state index contributed by atoms with van der Waals surface area (Å²) in [5.74, 6) is 0. The van der Waals surface area contributed by atoms with Crippen LogP contribution in [0.1, 0.15) is 42.9 Å². The SMILES string of the molecule is O=C(NC1CCCc2ccccc21)n1c(=O)n(CCN2CCCC2)c2ccccc21. The summed E-state index contributed by atoms with van der Waals surface area (Å²) in [7, 11) is 0. The molecule has 0 radical (unpaired) electrons. The van der Waals surface area contributed by atoms with Gasteiger partial charge in [0.05, 0.1) is 17.1 Å². The standard InChI is InChI=1S/C24H28N4O2/c29-23(25-20-11-7-9-18-8-1-2-10-19(18)20)28-22-13-4-3-12-21(22)27(24(28)30)17-16-26-14-5-6-15-26/h1-4,8,10,12-13,20H,5-7,9,11,14-17H2,(H,25,29). The van der Waals surface area contributed by atoms with Gasteiger partial charge < -0.3 is 10.2 Å². The van der Waals surface area contributed by atoms with Crippen LogP contribution in [0.2, 0.25) is 0 Å². The average Bonchev–Trinajstić information content (AvgIpc) is 3.38. The van der Waals surface area contributed by atoms with E-state index >= 15 is 0 Å². The first kappa shape index (κ1) is 19.1. The topological polar surface area (TPSA) is 59.3 Å². The van der Waals surface area contributed by atoms with E-state index in [0.717, 1.165) is 44.4 Å². The normalized spacial score (nSPS) is 19.1. The molecule has 1 aromatic heterocycles. The van der Waals surface area contributed by atoms with E-state index in [-0.39, 0.29) is 17.8 Å². The van der Waals surface area contributed by atoms with Crippen molar-refractivity contribution in [1.29, 1.82) is 0 Å². The van der Waals surface area contributed by atoms with Crippen LogP contribution in [0.25, 0.3) is 11.0 Å². The van der Waals surface area contributed by atoms with Crippen molar-refractivity contribution in [3.05, 3.63) is 70.1 Å². The Kier molecular flexibility index (Phi) is 5.17. The van der Waals surface area contributed by atoms with Crippen molar-refractivity contribution in [3.8, 4) is 0 Å². The van der Waals surface area contributed by atoms with E-state index in [2.05, 4.69) is 22.3 Å². The number of aromatic nitrogens is 2. The fourth-order valence-corrected chi connectivity index (χ4v) is 4.99. The van der Waals surface area contributed by atoms with Crippen molar-refractivity contribution >= 4 is 17.1 Å². The van der Waals surface area contributed by atoms with Crippen LogP contribution >= 0.6 is 0 Å². The van der Waals surface area contributed by atoms with Gasteiger partial charge in [0, 0.05) is 13.1 Å². The Morgan fingerprint density at radius 3 is 2.50 bits per heavy atom. The number of hydrogen-bond acceptors (Lipinski definition) is 3. The quantitative estimate of drug-likeness (QED) is 0.724. The van der Waals surface area contributed by atoms with Crippen molar-refractivity contribution in [2.45, 2.75) is 44.7 Å². The highest BCUT2D eigenvalue weighted by atomic mass is 16.2. The van der Waals surface area contributed by atoms with Gasteiger partial charge in [-0.2, -0.15) is 0 Å². The van der Waals surface area contributed by atoms with Crippen molar-refractivity contribution in [2.24, 2.45) is 0 Å². The van der Waals surface area contributed by atoms with E-state index in [1.807, 2.05) is 36.4 Å². The Morgan fingerprint density at radius 2 is 1.67 bits per heavy atom. The van der Waals surface area contributed by atoms with Crippen LogP contribution in [0.4, 0.5) is 4.79 Å². The number of carbonyl (C=O) groups excluding carboxylic acids is 1. The molecule has 0 spiro atoms. The highest BCUT2D eigenvalue weighted by Gasteiger charge is 2.25. The Balaban J connectivity index is 1.45. The van der Waals surface area contributed by atoms with Gasteiger partial charge in [0.1, 0.15) is 0 Å². The third-order valence-corrected chi connectivity index (χ3v) is 6.54. The molecule has 0 bridgehead atoms. The summed E-state index contributed by atoms with van der Waals surface area (Å²) in [6.45, 7) is 3.63. The molecule has 1 amide bonds. The zero-order chi connectivity index (χ0) is 20.5. The summed E-state index contributed by atoms with van der Waals surface area (Å²) < 4.78 is 3.07. The van der Waals surface area contributed by atoms with Gasteiger partial charge >= 0.3 is 11.7 Å². The smallest absolute Gasteiger partial charge is 0.330 e. The molecular weight excluding hydrogens is 376 g/mol. The second kappa shape index (κ2) is 8.11. The number of fused-ring (bicyclic) bond motifs is 2. The Labute approximate surface area is 176 Å². The van der Waals surface area contributed by atoms with Crippen molar-refractivity contribution in [1.82, 2.24) is 19.4 Å². The maximum Gasteiger partial charge on any atom is 0.337 e. The van der Waals surface area contributed by atoms with Gasteiger partial charge in [-0.1, -0.05) is 36.4 Å². The number of carbonyl (C=O) groups is 1. The first-order valence-electron chi connectivity index (χ1n) is 11.0. The Morgan fingerprint density at radius 1 is 0.933 bits per heavy atom. The summed E-state index contributed by atoms with van der Waals surface area (Å²) in [5.41, 5.74) is 3.70. The number of para-hydroxylation sites is 2. The number of nitrogens with one attached hydrogen (secondary N) is 1. The largest absolute Gasteiger partial charge is 0.337 e. The molecule has 1 N–H and O–H groups in total. The van der Waals surface area contributed by atoms with Crippen molar-refractivity contribution in [2.75, 3.05) is 19.6 Å². The molecule has 30 heavy (non-hydrogen) atoms. The van der Waals surface area contributed by atoms with Crippen molar-refractivity contribution in [3.63, 3.8) is 0 Å². The van der Waals surface area contributed by atoms with Gasteiger partial charge in [0.25, 0.3) is 0 Å². The van der Waals surface area contributed by atoms with E-state index in [9.17, 15) is 9.59 Å². The molecule has 2 aromatic carbocycles. The Bertz CT molecular complexity index is 1120. The van der Waals surface area contributed by atoms with Crippen LogP contribution < -0.4 is 11.0 Å². The number of benzene rings is 2. The molecule has 1 atom stereocenters. The molecule has 6 nitrogen and oxygen atoms in total. The predicted molar refractivity (Wildman–Crippen MR) is 118 cm³/mol. The summed E-state index contributed by atoms with van der Waals surface area (Å²) >= 11 is 0. The van der Waals surface area contributed by atoms with Gasteiger partial charge in [-0.05, 0) is 68.5 Å². The second-order valence-corrected chi connectivity index (χ2v) is 8.40.